The highest BCUT2D eigenvalue weighted by Crippen LogP contribution is 2.32. The van der Waals surface area contributed by atoms with Gasteiger partial charge in [0.25, 0.3) is 0 Å². The Balaban J connectivity index is 1.32. The SMILES string of the molecule is C=C(C1CCN(CCC2CCN(C(C)C)CC2)CC1)N1CCC(C(C)C)CC1. The van der Waals surface area contributed by atoms with Crippen molar-refractivity contribution in [3.63, 3.8) is 0 Å². The van der Waals surface area contributed by atoms with Gasteiger partial charge in [0.2, 0.25) is 0 Å². The van der Waals surface area contributed by atoms with Crippen molar-refractivity contribution in [2.24, 2.45) is 23.7 Å². The number of hydrogen-bond donors (Lipinski definition) is 0. The van der Waals surface area contributed by atoms with Gasteiger partial charge in [0.15, 0.2) is 0 Å². The summed E-state index contributed by atoms with van der Waals surface area (Å²) >= 11 is 0. The first-order valence-corrected chi connectivity index (χ1v) is 12.3. The van der Waals surface area contributed by atoms with Crippen LogP contribution in [0.1, 0.15) is 72.6 Å². The molecule has 28 heavy (non-hydrogen) atoms. The smallest absolute Gasteiger partial charge is 0.0177 e. The van der Waals surface area contributed by atoms with Crippen molar-refractivity contribution in [2.75, 3.05) is 45.8 Å². The van der Waals surface area contributed by atoms with Crippen LogP contribution in [0.3, 0.4) is 0 Å². The number of allylic oxidation sites excluding steroid dienone is 1. The van der Waals surface area contributed by atoms with E-state index in [4.69, 9.17) is 0 Å². The molecule has 3 heterocycles. The van der Waals surface area contributed by atoms with Crippen molar-refractivity contribution < 1.29 is 0 Å². The summed E-state index contributed by atoms with van der Waals surface area (Å²) in [6.07, 6.45) is 9.63. The van der Waals surface area contributed by atoms with Crippen LogP contribution in [0, 0.1) is 23.7 Å². The summed E-state index contributed by atoms with van der Waals surface area (Å²) < 4.78 is 0. The maximum Gasteiger partial charge on any atom is 0.0177 e. The Bertz CT molecular complexity index is 462. The van der Waals surface area contributed by atoms with Crippen molar-refractivity contribution in [1.29, 1.82) is 0 Å². The molecule has 0 aliphatic carbocycles. The van der Waals surface area contributed by atoms with Crippen LogP contribution in [0.2, 0.25) is 0 Å². The molecule has 0 atom stereocenters. The lowest BCUT2D eigenvalue weighted by atomic mass is 9.85. The summed E-state index contributed by atoms with van der Waals surface area (Å²) in [5.41, 5.74) is 1.46. The van der Waals surface area contributed by atoms with E-state index >= 15 is 0 Å². The summed E-state index contributed by atoms with van der Waals surface area (Å²) in [6.45, 7) is 23.0. The molecule has 3 aliphatic rings. The normalized spacial score (nSPS) is 25.1. The number of hydrogen-bond acceptors (Lipinski definition) is 3. The van der Waals surface area contributed by atoms with Gasteiger partial charge in [0.05, 0.1) is 0 Å². The average Bonchev–Trinajstić information content (AvgIpc) is 2.72. The van der Waals surface area contributed by atoms with E-state index in [0.717, 1.165) is 29.7 Å². The fourth-order valence-corrected chi connectivity index (χ4v) is 5.72. The number of nitrogens with zero attached hydrogens (tertiary/aromatic N) is 3. The largest absolute Gasteiger partial charge is 0.375 e. The highest BCUT2D eigenvalue weighted by atomic mass is 15.2. The van der Waals surface area contributed by atoms with Gasteiger partial charge in [-0.05, 0) is 109 Å². The van der Waals surface area contributed by atoms with Gasteiger partial charge in [-0.2, -0.15) is 0 Å². The fourth-order valence-electron chi connectivity index (χ4n) is 5.72. The molecule has 3 aliphatic heterocycles. The summed E-state index contributed by atoms with van der Waals surface area (Å²) in [7, 11) is 0. The first-order valence-electron chi connectivity index (χ1n) is 12.3. The van der Waals surface area contributed by atoms with E-state index in [1.807, 2.05) is 0 Å². The highest BCUT2D eigenvalue weighted by Gasteiger charge is 2.28. The average molecular weight is 390 g/mol. The van der Waals surface area contributed by atoms with E-state index in [-0.39, 0.29) is 0 Å². The van der Waals surface area contributed by atoms with Crippen LogP contribution < -0.4 is 0 Å². The monoisotopic (exact) mass is 389 g/mol. The number of rotatable bonds is 7. The summed E-state index contributed by atoms with van der Waals surface area (Å²) in [5, 5.41) is 0. The van der Waals surface area contributed by atoms with Crippen molar-refractivity contribution in [3.05, 3.63) is 12.3 Å². The van der Waals surface area contributed by atoms with Gasteiger partial charge in [0, 0.05) is 30.7 Å². The molecule has 0 spiro atoms. The second-order valence-corrected chi connectivity index (χ2v) is 10.5. The molecule has 0 radical (unpaired) electrons. The molecule has 0 aromatic carbocycles. The lowest BCUT2D eigenvalue weighted by Gasteiger charge is -2.41. The van der Waals surface area contributed by atoms with E-state index in [0.29, 0.717) is 0 Å². The lowest BCUT2D eigenvalue weighted by Crippen LogP contribution is -2.41. The molecule has 3 fully saturated rings. The topological polar surface area (TPSA) is 9.72 Å². The van der Waals surface area contributed by atoms with Gasteiger partial charge in [0.1, 0.15) is 0 Å². The lowest BCUT2D eigenvalue weighted by molar-refractivity contribution is 0.121. The van der Waals surface area contributed by atoms with Crippen LogP contribution >= 0.6 is 0 Å². The van der Waals surface area contributed by atoms with Crippen molar-refractivity contribution in [1.82, 2.24) is 14.7 Å². The van der Waals surface area contributed by atoms with E-state index in [9.17, 15) is 0 Å². The minimum absolute atomic E-state index is 0.726. The van der Waals surface area contributed by atoms with Crippen LogP contribution in [0.25, 0.3) is 0 Å². The Labute approximate surface area is 175 Å². The fraction of sp³-hybridized carbons (Fsp3) is 0.920. The van der Waals surface area contributed by atoms with Crippen LogP contribution in [-0.4, -0.2) is 66.6 Å². The Morgan fingerprint density at radius 2 is 1.43 bits per heavy atom. The predicted octanol–water partition coefficient (Wildman–Crippen LogP) is 5.09. The van der Waals surface area contributed by atoms with E-state index in [2.05, 4.69) is 49.0 Å². The van der Waals surface area contributed by atoms with Crippen molar-refractivity contribution in [3.8, 4) is 0 Å². The maximum atomic E-state index is 4.54. The molecule has 3 saturated heterocycles. The molecular weight excluding hydrogens is 342 g/mol. The zero-order valence-corrected chi connectivity index (χ0v) is 19.3. The third-order valence-corrected chi connectivity index (χ3v) is 8.18. The Kier molecular flexibility index (Phi) is 8.29. The second-order valence-electron chi connectivity index (χ2n) is 10.5. The molecule has 0 aromatic rings. The minimum atomic E-state index is 0.726. The molecular formula is C25H47N3. The van der Waals surface area contributed by atoms with Crippen molar-refractivity contribution >= 4 is 0 Å². The molecule has 0 N–H and O–H groups in total. The van der Waals surface area contributed by atoms with Crippen LogP contribution in [0.4, 0.5) is 0 Å². The van der Waals surface area contributed by atoms with E-state index in [1.54, 1.807) is 0 Å². The third kappa shape index (κ3) is 5.98. The predicted molar refractivity (Wildman–Crippen MR) is 121 cm³/mol. The van der Waals surface area contributed by atoms with Crippen LogP contribution in [-0.2, 0) is 0 Å². The first-order chi connectivity index (χ1) is 13.4. The summed E-state index contributed by atoms with van der Waals surface area (Å²) in [6, 6.07) is 0.726. The van der Waals surface area contributed by atoms with Gasteiger partial charge in [-0.15, -0.1) is 0 Å². The Morgan fingerprint density at radius 3 is 1.96 bits per heavy atom. The van der Waals surface area contributed by atoms with Gasteiger partial charge in [-0.1, -0.05) is 20.4 Å². The summed E-state index contributed by atoms with van der Waals surface area (Å²) in [5.74, 6) is 3.47. The van der Waals surface area contributed by atoms with E-state index in [1.165, 1.54) is 96.5 Å². The second kappa shape index (κ2) is 10.5. The number of likely N-dealkylation sites (tertiary alicyclic amines) is 3. The third-order valence-electron chi connectivity index (χ3n) is 8.18. The molecule has 3 nitrogen and oxygen atoms in total. The van der Waals surface area contributed by atoms with Gasteiger partial charge in [-0.25, -0.2) is 0 Å². The van der Waals surface area contributed by atoms with Gasteiger partial charge in [-0.3, -0.25) is 0 Å². The molecule has 162 valence electrons. The quantitative estimate of drug-likeness (QED) is 0.600. The first kappa shape index (κ1) is 22.2. The minimum Gasteiger partial charge on any atom is -0.375 e. The maximum absolute atomic E-state index is 4.54. The van der Waals surface area contributed by atoms with Gasteiger partial charge < -0.3 is 14.7 Å². The zero-order valence-electron chi connectivity index (χ0n) is 19.3. The molecule has 0 aromatic heterocycles. The number of piperidine rings is 3. The standard InChI is InChI=1S/C25H47N3/c1-20(2)24-11-18-28(19-12-24)22(5)25-9-14-26(15-10-25)13-6-23-7-16-27(17-8-23)21(3)4/h20-21,23-25H,5-19H2,1-4H3. The molecule has 0 unspecified atom stereocenters. The zero-order chi connectivity index (χ0) is 20.1. The van der Waals surface area contributed by atoms with Crippen LogP contribution in [0.5, 0.6) is 0 Å². The molecule has 0 bridgehead atoms. The van der Waals surface area contributed by atoms with Crippen molar-refractivity contribution in [2.45, 2.75) is 78.7 Å². The molecule has 3 rings (SSSR count). The summed E-state index contributed by atoms with van der Waals surface area (Å²) in [4.78, 5) is 8.02. The molecule has 0 saturated carbocycles. The van der Waals surface area contributed by atoms with Gasteiger partial charge >= 0.3 is 0 Å². The highest BCUT2D eigenvalue weighted by molar-refractivity contribution is 5.03. The molecule has 3 heteroatoms. The Hall–Kier alpha value is -0.540. The Morgan fingerprint density at radius 1 is 0.821 bits per heavy atom. The van der Waals surface area contributed by atoms with Crippen LogP contribution in [0.15, 0.2) is 12.3 Å². The van der Waals surface area contributed by atoms with E-state index < -0.39 is 0 Å². The molecule has 0 amide bonds.